The fourth-order valence-corrected chi connectivity index (χ4v) is 4.88. The number of aromatic hydroxyl groups is 1. The second-order valence-electron chi connectivity index (χ2n) is 11.2. The van der Waals surface area contributed by atoms with Crippen LogP contribution in [0, 0.1) is 5.92 Å². The number of nitrogens with two attached hydrogens (primary N) is 1. The van der Waals surface area contributed by atoms with Crippen molar-refractivity contribution in [3.05, 3.63) is 46.6 Å². The van der Waals surface area contributed by atoms with E-state index in [2.05, 4.69) is 54.8 Å². The molecule has 0 bridgehead atoms. The molecule has 1 unspecified atom stereocenters. The molecule has 0 heterocycles. The molecule has 0 aliphatic heterocycles. The lowest BCUT2D eigenvalue weighted by Gasteiger charge is -2.17. The number of phenols is 1. The van der Waals surface area contributed by atoms with E-state index in [0.29, 0.717) is 24.7 Å². The van der Waals surface area contributed by atoms with E-state index < -0.39 is 6.09 Å². The van der Waals surface area contributed by atoms with Crippen LogP contribution in [-0.4, -0.2) is 36.3 Å². The van der Waals surface area contributed by atoms with Crippen LogP contribution in [0.15, 0.2) is 35.4 Å². The van der Waals surface area contributed by atoms with Crippen molar-refractivity contribution >= 4 is 6.09 Å². The van der Waals surface area contributed by atoms with Crippen LogP contribution in [0.25, 0.3) is 0 Å². The fourth-order valence-electron chi connectivity index (χ4n) is 4.88. The van der Waals surface area contributed by atoms with E-state index >= 15 is 0 Å². The summed E-state index contributed by atoms with van der Waals surface area (Å²) in [6, 6.07) is 3.89. The number of carbonyl (C=O) groups is 1. The number of benzene rings is 1. The molecule has 1 aromatic rings. The number of phenolic OH excluding ortho intramolecular Hbond substituents is 1. The Bertz CT molecular complexity index is 927. The number of rotatable bonds is 25. The molecular weight excluding hydrogens is 538 g/mol. The molecule has 1 atom stereocenters. The van der Waals surface area contributed by atoms with E-state index in [-0.39, 0.29) is 19.0 Å². The Labute approximate surface area is 252 Å². The molecule has 42 heavy (non-hydrogen) atoms. The number of primary amides is 1. The van der Waals surface area contributed by atoms with Crippen molar-refractivity contribution < 1.29 is 39.6 Å². The van der Waals surface area contributed by atoms with Gasteiger partial charge < -0.3 is 20.3 Å². The van der Waals surface area contributed by atoms with Crippen LogP contribution in [0.2, 0.25) is 0 Å². The van der Waals surface area contributed by atoms with Gasteiger partial charge in [-0.05, 0) is 93.0 Å². The summed E-state index contributed by atoms with van der Waals surface area (Å²) < 4.78 is 10.8. The summed E-state index contributed by atoms with van der Waals surface area (Å²) >= 11 is 0. The van der Waals surface area contributed by atoms with Gasteiger partial charge in [0.1, 0.15) is 24.7 Å². The molecule has 4 N–H and O–H groups in total. The molecule has 0 aliphatic carbocycles. The number of ether oxygens (including phenoxy) is 2. The van der Waals surface area contributed by atoms with Gasteiger partial charge >= 0.3 is 6.09 Å². The van der Waals surface area contributed by atoms with Gasteiger partial charge in [-0.15, -0.1) is 0 Å². The van der Waals surface area contributed by atoms with Gasteiger partial charge in [0.15, 0.2) is 0 Å². The fraction of sp³-hybridized carbons (Fsp3) is 0.667. The predicted molar refractivity (Wildman–Crippen MR) is 165 cm³/mol. The number of allylic oxidation sites excluding steroid dienone is 4. The van der Waals surface area contributed by atoms with Crippen LogP contribution in [0.4, 0.5) is 4.79 Å². The monoisotopic (exact) mass is 593 g/mol. The Morgan fingerprint density at radius 1 is 0.952 bits per heavy atom. The minimum Gasteiger partial charge on any atom is -0.508 e. The van der Waals surface area contributed by atoms with Crippen LogP contribution in [0.3, 0.4) is 0 Å². The summed E-state index contributed by atoms with van der Waals surface area (Å²) in [6.45, 7) is 9.19. The summed E-state index contributed by atoms with van der Waals surface area (Å²) in [5, 5.41) is 26.3. The van der Waals surface area contributed by atoms with E-state index in [1.165, 1.54) is 43.3 Å². The average molecular weight is 594 g/mol. The third-order valence-electron chi connectivity index (χ3n) is 7.41. The van der Waals surface area contributed by atoms with Crippen LogP contribution < -0.4 is 10.5 Å². The van der Waals surface area contributed by atoms with Crippen molar-refractivity contribution in [3.8, 4) is 11.5 Å². The highest BCUT2D eigenvalue weighted by Gasteiger charge is 2.14. The summed E-state index contributed by atoms with van der Waals surface area (Å²) in [5.41, 5.74) is 9.44. The quantitative estimate of drug-likeness (QED) is 0.0445. The maximum absolute atomic E-state index is 11.0. The van der Waals surface area contributed by atoms with Crippen LogP contribution in [-0.2, 0) is 32.5 Å². The number of unbranched alkanes of at least 4 members (excludes halogenated alkanes) is 6. The predicted octanol–water partition coefficient (Wildman–Crippen LogP) is 8.53. The molecule has 9 heteroatoms. The maximum Gasteiger partial charge on any atom is 0.404 e. The number of carbonyl (C=O) groups excluding carboxylic acids is 1. The van der Waals surface area contributed by atoms with Crippen molar-refractivity contribution in [2.75, 3.05) is 19.8 Å². The zero-order valence-corrected chi connectivity index (χ0v) is 26.3. The molecule has 1 aromatic carbocycles. The SMILES string of the molecule is CCC(CCCCCCCCCOOOO)CCc1cc(O)c(C/C=C(\C)CCC=C(C)C)c(OCCOC(N)=O)c1. The van der Waals surface area contributed by atoms with E-state index in [1.54, 1.807) is 0 Å². The lowest BCUT2D eigenvalue weighted by molar-refractivity contribution is -0.623. The first-order chi connectivity index (χ1) is 20.3. The molecule has 0 aliphatic rings. The van der Waals surface area contributed by atoms with E-state index in [4.69, 9.17) is 20.5 Å². The Kier molecular flexibility index (Phi) is 21.3. The van der Waals surface area contributed by atoms with Crippen LogP contribution >= 0.6 is 0 Å². The second-order valence-corrected chi connectivity index (χ2v) is 11.2. The first-order valence-corrected chi connectivity index (χ1v) is 15.5. The van der Waals surface area contributed by atoms with E-state index in [0.717, 1.165) is 62.5 Å². The molecule has 1 rings (SSSR count). The number of aryl methyl sites for hydroxylation is 1. The normalized spacial score (nSPS) is 12.3. The van der Waals surface area contributed by atoms with Gasteiger partial charge in [-0.3, -0.25) is 0 Å². The Hall–Kier alpha value is -2.59. The first kappa shape index (κ1) is 37.4. The third-order valence-corrected chi connectivity index (χ3v) is 7.41. The maximum atomic E-state index is 11.0. The summed E-state index contributed by atoms with van der Waals surface area (Å²) in [4.78, 5) is 15.5. The number of amides is 1. The molecular formula is C33H55NO8. The topological polar surface area (TPSA) is 130 Å². The van der Waals surface area contributed by atoms with Gasteiger partial charge in [0, 0.05) is 5.56 Å². The van der Waals surface area contributed by atoms with Crippen molar-refractivity contribution in [1.29, 1.82) is 0 Å². The Morgan fingerprint density at radius 3 is 2.33 bits per heavy atom. The minimum atomic E-state index is -0.831. The van der Waals surface area contributed by atoms with Gasteiger partial charge in [-0.1, -0.05) is 81.6 Å². The standard InChI is InChI=1S/C33H55NO8/c1-5-28(16-11-9-7-6-8-10-12-21-40-42-41-37)18-19-29-24-31(35)30(20-17-27(4)15-13-14-26(2)3)32(25-29)38-22-23-39-33(34)36/h14,17,24-25,28,35,37H,5-13,15-16,18-23H2,1-4H3,(H2,34,36)/b27-17+. The Balaban J connectivity index is 2.63. The van der Waals surface area contributed by atoms with Crippen molar-refractivity contribution in [2.45, 2.75) is 118 Å². The van der Waals surface area contributed by atoms with Gasteiger partial charge in [0.2, 0.25) is 0 Å². The van der Waals surface area contributed by atoms with Crippen LogP contribution in [0.1, 0.15) is 116 Å². The van der Waals surface area contributed by atoms with Gasteiger partial charge in [0.05, 0.1) is 6.61 Å². The molecule has 0 radical (unpaired) electrons. The molecule has 1 amide bonds. The van der Waals surface area contributed by atoms with Crippen molar-refractivity contribution in [2.24, 2.45) is 11.7 Å². The van der Waals surface area contributed by atoms with E-state index in [9.17, 15) is 9.90 Å². The van der Waals surface area contributed by atoms with Gasteiger partial charge in [-0.25, -0.2) is 14.9 Å². The molecule has 0 fully saturated rings. The molecule has 0 saturated carbocycles. The van der Waals surface area contributed by atoms with Crippen molar-refractivity contribution in [3.63, 3.8) is 0 Å². The summed E-state index contributed by atoms with van der Waals surface area (Å²) in [7, 11) is 0. The number of hydrogen-bond donors (Lipinski definition) is 3. The Morgan fingerprint density at radius 2 is 1.67 bits per heavy atom. The van der Waals surface area contributed by atoms with E-state index in [1.807, 2.05) is 12.1 Å². The lowest BCUT2D eigenvalue weighted by Crippen LogP contribution is -2.17. The largest absolute Gasteiger partial charge is 0.508 e. The highest BCUT2D eigenvalue weighted by Crippen LogP contribution is 2.33. The highest BCUT2D eigenvalue weighted by atomic mass is 17.6. The molecule has 9 nitrogen and oxygen atoms in total. The van der Waals surface area contributed by atoms with Gasteiger partial charge in [-0.2, -0.15) is 0 Å². The summed E-state index contributed by atoms with van der Waals surface area (Å²) in [5.74, 6) is 1.50. The minimum absolute atomic E-state index is 0.0542. The average Bonchev–Trinajstić information content (AvgIpc) is 2.94. The lowest BCUT2D eigenvalue weighted by atomic mass is 9.91. The first-order valence-electron chi connectivity index (χ1n) is 15.5. The number of hydrogen-bond acceptors (Lipinski definition) is 8. The second kappa shape index (κ2) is 23.9. The van der Waals surface area contributed by atoms with Crippen molar-refractivity contribution in [1.82, 2.24) is 0 Å². The third kappa shape index (κ3) is 18.8. The zero-order chi connectivity index (χ0) is 31.0. The smallest absolute Gasteiger partial charge is 0.404 e. The zero-order valence-electron chi connectivity index (χ0n) is 26.3. The van der Waals surface area contributed by atoms with Crippen LogP contribution in [0.5, 0.6) is 11.5 Å². The molecule has 0 spiro atoms. The van der Waals surface area contributed by atoms with Gasteiger partial charge in [0.25, 0.3) is 0 Å². The summed E-state index contributed by atoms with van der Waals surface area (Å²) in [6.07, 6.45) is 18.3. The highest BCUT2D eigenvalue weighted by molar-refractivity contribution is 5.64. The molecule has 0 aromatic heterocycles. The molecule has 240 valence electrons. The molecule has 0 saturated heterocycles.